The molecule has 0 saturated heterocycles. The molecule has 2 heterocycles. The van der Waals surface area contributed by atoms with Gasteiger partial charge in [0.15, 0.2) is 0 Å². The summed E-state index contributed by atoms with van der Waals surface area (Å²) in [5.41, 5.74) is 0.797. The molecule has 0 aliphatic rings. The van der Waals surface area contributed by atoms with E-state index >= 15 is 0 Å². The van der Waals surface area contributed by atoms with E-state index in [1.807, 2.05) is 6.92 Å². The van der Waals surface area contributed by atoms with Gasteiger partial charge in [0.1, 0.15) is 17.2 Å². The largest absolute Gasteiger partial charge is 0.347 e. The minimum atomic E-state index is -0.563. The molecule has 0 saturated carbocycles. The van der Waals surface area contributed by atoms with Crippen molar-refractivity contribution in [3.8, 4) is 0 Å². The number of anilines is 1. The van der Waals surface area contributed by atoms with Gasteiger partial charge in [-0.1, -0.05) is 6.07 Å². The topological polar surface area (TPSA) is 64.0 Å². The molecule has 0 radical (unpaired) electrons. The van der Waals surface area contributed by atoms with Crippen molar-refractivity contribution in [2.24, 2.45) is 0 Å². The summed E-state index contributed by atoms with van der Waals surface area (Å²) in [6.07, 6.45) is 1.49. The van der Waals surface area contributed by atoms with E-state index in [0.717, 1.165) is 11.8 Å². The standard InChI is InChI=1S/C18H16FN3O2/c1-3-22-10-14(17(23)13-9-12(19)7-8-15(13)22)18(24)21-16-6-4-5-11(2)20-16/h4-10H,3H2,1-2H3,(H,20,21,24). The first-order valence-electron chi connectivity index (χ1n) is 7.57. The Kier molecular flexibility index (Phi) is 4.12. The normalized spacial score (nSPS) is 10.8. The van der Waals surface area contributed by atoms with Crippen LogP contribution in [-0.4, -0.2) is 15.5 Å². The fourth-order valence-electron chi connectivity index (χ4n) is 2.59. The second-order valence-electron chi connectivity index (χ2n) is 5.44. The summed E-state index contributed by atoms with van der Waals surface area (Å²) in [7, 11) is 0. The highest BCUT2D eigenvalue weighted by atomic mass is 19.1. The van der Waals surface area contributed by atoms with Crippen LogP contribution < -0.4 is 10.7 Å². The number of hydrogen-bond donors (Lipinski definition) is 1. The molecule has 3 aromatic rings. The van der Waals surface area contributed by atoms with Crippen LogP contribution in [0.3, 0.4) is 0 Å². The fourth-order valence-corrected chi connectivity index (χ4v) is 2.59. The Hall–Kier alpha value is -3.02. The third-order valence-electron chi connectivity index (χ3n) is 3.76. The van der Waals surface area contributed by atoms with Gasteiger partial charge in [0.25, 0.3) is 5.91 Å². The molecule has 1 aromatic carbocycles. The third kappa shape index (κ3) is 2.90. The van der Waals surface area contributed by atoms with E-state index in [2.05, 4.69) is 10.3 Å². The first-order valence-corrected chi connectivity index (χ1v) is 7.57. The number of amides is 1. The van der Waals surface area contributed by atoms with Crippen molar-refractivity contribution in [3.63, 3.8) is 0 Å². The minimum Gasteiger partial charge on any atom is -0.347 e. The van der Waals surface area contributed by atoms with Crippen molar-refractivity contribution in [2.75, 3.05) is 5.32 Å². The molecule has 0 atom stereocenters. The lowest BCUT2D eigenvalue weighted by Crippen LogP contribution is -2.24. The lowest BCUT2D eigenvalue weighted by atomic mass is 10.1. The third-order valence-corrected chi connectivity index (χ3v) is 3.76. The number of aryl methyl sites for hydroxylation is 2. The van der Waals surface area contributed by atoms with E-state index in [0.29, 0.717) is 17.9 Å². The Morgan fingerprint density at radius 1 is 1.29 bits per heavy atom. The Balaban J connectivity index is 2.10. The van der Waals surface area contributed by atoms with Crippen molar-refractivity contribution in [3.05, 3.63) is 69.9 Å². The molecule has 2 aromatic heterocycles. The summed E-state index contributed by atoms with van der Waals surface area (Å²) in [5.74, 6) is -0.714. The fraction of sp³-hybridized carbons (Fsp3) is 0.167. The number of pyridine rings is 2. The summed E-state index contributed by atoms with van der Waals surface area (Å²) >= 11 is 0. The van der Waals surface area contributed by atoms with Crippen LogP contribution in [0.5, 0.6) is 0 Å². The Labute approximate surface area is 137 Å². The molecular formula is C18H16FN3O2. The Morgan fingerprint density at radius 3 is 2.79 bits per heavy atom. The number of nitrogens with one attached hydrogen (secondary N) is 1. The zero-order valence-corrected chi connectivity index (χ0v) is 13.3. The van der Waals surface area contributed by atoms with Crippen molar-refractivity contribution in [1.29, 1.82) is 0 Å². The van der Waals surface area contributed by atoms with Crippen LogP contribution in [0, 0.1) is 12.7 Å². The van der Waals surface area contributed by atoms with Gasteiger partial charge < -0.3 is 9.88 Å². The van der Waals surface area contributed by atoms with E-state index in [9.17, 15) is 14.0 Å². The van der Waals surface area contributed by atoms with Crippen LogP contribution in [0.25, 0.3) is 10.9 Å². The van der Waals surface area contributed by atoms with Crippen LogP contribution in [0.4, 0.5) is 10.2 Å². The molecule has 122 valence electrons. The molecule has 24 heavy (non-hydrogen) atoms. The number of fused-ring (bicyclic) bond motifs is 1. The molecule has 0 fully saturated rings. The van der Waals surface area contributed by atoms with Gasteiger partial charge in [-0.3, -0.25) is 9.59 Å². The number of nitrogens with zero attached hydrogens (tertiary/aromatic N) is 2. The number of aromatic nitrogens is 2. The second-order valence-corrected chi connectivity index (χ2v) is 5.44. The monoisotopic (exact) mass is 325 g/mol. The summed E-state index contributed by atoms with van der Waals surface area (Å²) < 4.78 is 15.3. The van der Waals surface area contributed by atoms with Crippen LogP contribution in [0.1, 0.15) is 23.0 Å². The average Bonchev–Trinajstić information content (AvgIpc) is 2.55. The molecule has 5 nitrogen and oxygen atoms in total. The van der Waals surface area contributed by atoms with Gasteiger partial charge in [-0.15, -0.1) is 0 Å². The highest BCUT2D eigenvalue weighted by Crippen LogP contribution is 2.15. The summed E-state index contributed by atoms with van der Waals surface area (Å²) in [4.78, 5) is 29.3. The second kappa shape index (κ2) is 6.23. The number of hydrogen-bond acceptors (Lipinski definition) is 3. The van der Waals surface area contributed by atoms with Gasteiger partial charge in [-0.2, -0.15) is 0 Å². The predicted molar refractivity (Wildman–Crippen MR) is 90.8 cm³/mol. The van der Waals surface area contributed by atoms with Gasteiger partial charge in [-0.05, 0) is 44.2 Å². The maximum Gasteiger partial charge on any atom is 0.262 e. The zero-order chi connectivity index (χ0) is 17.3. The maximum atomic E-state index is 13.5. The van der Waals surface area contributed by atoms with E-state index in [1.54, 1.807) is 35.8 Å². The highest BCUT2D eigenvalue weighted by Gasteiger charge is 2.16. The van der Waals surface area contributed by atoms with Crippen LogP contribution in [0.15, 0.2) is 47.4 Å². The number of halogens is 1. The van der Waals surface area contributed by atoms with E-state index in [-0.39, 0.29) is 10.9 Å². The van der Waals surface area contributed by atoms with Gasteiger partial charge in [0.05, 0.1) is 5.52 Å². The van der Waals surface area contributed by atoms with Crippen molar-refractivity contribution >= 4 is 22.6 Å². The zero-order valence-electron chi connectivity index (χ0n) is 13.3. The minimum absolute atomic E-state index is 0.0433. The first-order chi connectivity index (χ1) is 11.5. The van der Waals surface area contributed by atoms with Gasteiger partial charge >= 0.3 is 0 Å². The summed E-state index contributed by atoms with van der Waals surface area (Å²) in [6, 6.07) is 9.20. The summed E-state index contributed by atoms with van der Waals surface area (Å²) in [6.45, 7) is 4.24. The number of rotatable bonds is 3. The molecular weight excluding hydrogens is 309 g/mol. The highest BCUT2D eigenvalue weighted by molar-refractivity contribution is 6.05. The SMILES string of the molecule is CCn1cc(C(=O)Nc2cccc(C)n2)c(=O)c2cc(F)ccc21. The molecule has 6 heteroatoms. The van der Waals surface area contributed by atoms with Crippen molar-refractivity contribution in [2.45, 2.75) is 20.4 Å². The summed E-state index contributed by atoms with van der Waals surface area (Å²) in [5, 5.41) is 2.80. The van der Waals surface area contributed by atoms with E-state index < -0.39 is 17.2 Å². The van der Waals surface area contributed by atoms with Gasteiger partial charge in [0, 0.05) is 23.8 Å². The quantitative estimate of drug-likeness (QED) is 0.805. The van der Waals surface area contributed by atoms with Crippen molar-refractivity contribution < 1.29 is 9.18 Å². The maximum absolute atomic E-state index is 13.5. The van der Waals surface area contributed by atoms with Crippen LogP contribution in [-0.2, 0) is 6.54 Å². The van der Waals surface area contributed by atoms with Crippen LogP contribution >= 0.6 is 0 Å². The molecule has 0 unspecified atom stereocenters. The number of benzene rings is 1. The lowest BCUT2D eigenvalue weighted by Gasteiger charge is -2.12. The first kappa shape index (κ1) is 15.9. The van der Waals surface area contributed by atoms with Crippen LogP contribution in [0.2, 0.25) is 0 Å². The smallest absolute Gasteiger partial charge is 0.262 e. The molecule has 1 amide bonds. The molecule has 3 rings (SSSR count). The van der Waals surface area contributed by atoms with Crippen molar-refractivity contribution in [1.82, 2.24) is 9.55 Å². The molecule has 0 bridgehead atoms. The van der Waals surface area contributed by atoms with E-state index in [1.165, 1.54) is 12.3 Å². The predicted octanol–water partition coefficient (Wildman–Crippen LogP) is 3.12. The Morgan fingerprint density at radius 2 is 2.08 bits per heavy atom. The van der Waals surface area contributed by atoms with Gasteiger partial charge in [-0.25, -0.2) is 9.37 Å². The molecule has 0 aliphatic carbocycles. The van der Waals surface area contributed by atoms with Gasteiger partial charge in [0.2, 0.25) is 5.43 Å². The van der Waals surface area contributed by atoms with E-state index in [4.69, 9.17) is 0 Å². The average molecular weight is 325 g/mol. The molecule has 1 N–H and O–H groups in total. The molecule has 0 aliphatic heterocycles. The Bertz CT molecular complexity index is 995. The number of carbonyl (C=O) groups is 1. The lowest BCUT2D eigenvalue weighted by molar-refractivity contribution is 0.102. The molecule has 0 spiro atoms. The number of carbonyl (C=O) groups excluding carboxylic acids is 1.